The lowest BCUT2D eigenvalue weighted by atomic mass is 9.94. The molecule has 7 heteroatoms. The van der Waals surface area contributed by atoms with E-state index in [9.17, 15) is 23.5 Å². The molecule has 2 heterocycles. The van der Waals surface area contributed by atoms with Gasteiger partial charge in [-0.15, -0.1) is 0 Å². The number of aliphatic hydroxyl groups excluding tert-OH is 1. The highest BCUT2D eigenvalue weighted by Crippen LogP contribution is 2.42. The SMILES string of the molecule is Cc1cccc(C2C(C(=O)c3cc4ccccc4o3)=C(O)C(=O)N2c2ccc(F)c(F)c2)c1. The van der Waals surface area contributed by atoms with Gasteiger partial charge in [0.15, 0.2) is 23.2 Å². The number of halogens is 2. The number of fused-ring (bicyclic) bond motifs is 1. The van der Waals surface area contributed by atoms with Crippen LogP contribution in [0.15, 0.2) is 88.5 Å². The summed E-state index contributed by atoms with van der Waals surface area (Å²) in [5.74, 6) is -4.61. The molecule has 0 radical (unpaired) electrons. The molecular weight excluding hydrogens is 428 g/mol. The molecule has 3 aromatic carbocycles. The fraction of sp³-hybridized carbons (Fsp3) is 0.0769. The van der Waals surface area contributed by atoms with Crippen LogP contribution in [0.5, 0.6) is 0 Å². The predicted octanol–water partition coefficient (Wildman–Crippen LogP) is 5.80. The number of hydrogen-bond donors (Lipinski definition) is 1. The van der Waals surface area contributed by atoms with Crippen molar-refractivity contribution in [3.8, 4) is 0 Å². The largest absolute Gasteiger partial charge is 0.503 e. The summed E-state index contributed by atoms with van der Waals surface area (Å²) >= 11 is 0. The van der Waals surface area contributed by atoms with Crippen LogP contribution in [-0.2, 0) is 4.79 Å². The number of ketones is 1. The summed E-state index contributed by atoms with van der Waals surface area (Å²) in [5, 5.41) is 11.5. The lowest BCUT2D eigenvalue weighted by Gasteiger charge is -2.27. The lowest BCUT2D eigenvalue weighted by Crippen LogP contribution is -2.31. The van der Waals surface area contributed by atoms with E-state index in [1.165, 1.54) is 12.1 Å². The molecule has 0 bridgehead atoms. The van der Waals surface area contributed by atoms with E-state index in [0.717, 1.165) is 22.6 Å². The van der Waals surface area contributed by atoms with Gasteiger partial charge in [0.05, 0.1) is 11.6 Å². The fourth-order valence-corrected chi connectivity index (χ4v) is 4.12. The van der Waals surface area contributed by atoms with Crippen LogP contribution in [0.3, 0.4) is 0 Å². The minimum Gasteiger partial charge on any atom is -0.503 e. The number of hydrogen-bond acceptors (Lipinski definition) is 4. The topological polar surface area (TPSA) is 70.7 Å². The summed E-state index contributed by atoms with van der Waals surface area (Å²) in [5.41, 5.74) is 1.66. The summed E-state index contributed by atoms with van der Waals surface area (Å²) < 4.78 is 33.2. The molecule has 4 aromatic rings. The van der Waals surface area contributed by atoms with E-state index in [1.807, 2.05) is 13.0 Å². The fourth-order valence-electron chi connectivity index (χ4n) is 4.12. The quantitative estimate of drug-likeness (QED) is 0.403. The molecule has 1 aliphatic rings. The molecule has 33 heavy (non-hydrogen) atoms. The van der Waals surface area contributed by atoms with Crippen LogP contribution in [0.2, 0.25) is 0 Å². The number of rotatable bonds is 4. The molecule has 0 saturated heterocycles. The van der Waals surface area contributed by atoms with Crippen molar-refractivity contribution < 1.29 is 27.9 Å². The normalized spacial score (nSPS) is 16.2. The molecular formula is C26H17F2NO4. The lowest BCUT2D eigenvalue weighted by molar-refractivity contribution is -0.117. The van der Waals surface area contributed by atoms with Crippen LogP contribution in [-0.4, -0.2) is 16.8 Å². The Hall–Kier alpha value is -4.26. The maximum atomic E-state index is 14.0. The smallest absolute Gasteiger partial charge is 0.294 e. The van der Waals surface area contributed by atoms with Crippen molar-refractivity contribution in [3.63, 3.8) is 0 Å². The van der Waals surface area contributed by atoms with E-state index in [0.29, 0.717) is 16.5 Å². The Morgan fingerprint density at radius 2 is 1.76 bits per heavy atom. The Labute approximate surface area is 187 Å². The standard InChI is InChI=1S/C26H17F2NO4/c1-14-5-4-7-16(11-14)23-22(24(30)21-12-15-6-2-3-8-20(15)33-21)25(31)26(32)29(23)17-9-10-18(27)19(28)13-17/h2-13,23,31H,1H3. The summed E-state index contributed by atoms with van der Waals surface area (Å²) in [4.78, 5) is 27.7. The zero-order valence-corrected chi connectivity index (χ0v) is 17.4. The molecule has 1 atom stereocenters. The van der Waals surface area contributed by atoms with Crippen molar-refractivity contribution in [2.24, 2.45) is 0 Å². The molecule has 1 aromatic heterocycles. The molecule has 5 rings (SSSR count). The minimum atomic E-state index is -1.15. The highest BCUT2D eigenvalue weighted by Gasteiger charge is 2.45. The highest BCUT2D eigenvalue weighted by atomic mass is 19.2. The van der Waals surface area contributed by atoms with Gasteiger partial charge in [-0.3, -0.25) is 14.5 Å². The maximum absolute atomic E-state index is 14.0. The summed E-state index contributed by atoms with van der Waals surface area (Å²) in [6, 6.07) is 17.5. The third-order valence-electron chi connectivity index (χ3n) is 5.64. The van der Waals surface area contributed by atoms with Gasteiger partial charge >= 0.3 is 0 Å². The Bertz CT molecular complexity index is 1440. The Kier molecular flexibility index (Phi) is 4.82. The molecule has 1 N–H and O–H groups in total. The minimum absolute atomic E-state index is 0.00404. The first-order valence-corrected chi connectivity index (χ1v) is 10.2. The number of nitrogens with zero attached hydrogens (tertiary/aromatic N) is 1. The van der Waals surface area contributed by atoms with Crippen LogP contribution in [0.1, 0.15) is 27.7 Å². The number of anilines is 1. The number of benzene rings is 3. The number of Topliss-reactive ketones (excluding diaryl/α,β-unsaturated/α-hetero) is 1. The molecule has 5 nitrogen and oxygen atoms in total. The summed E-state index contributed by atoms with van der Waals surface area (Å²) in [7, 11) is 0. The number of carbonyl (C=O) groups excluding carboxylic acids is 2. The van der Waals surface area contributed by atoms with Gasteiger partial charge in [0, 0.05) is 17.1 Å². The van der Waals surface area contributed by atoms with Gasteiger partial charge in [-0.2, -0.15) is 0 Å². The van der Waals surface area contributed by atoms with Crippen LogP contribution in [0.4, 0.5) is 14.5 Å². The van der Waals surface area contributed by atoms with Gasteiger partial charge in [0.2, 0.25) is 5.78 Å². The van der Waals surface area contributed by atoms with E-state index in [2.05, 4.69) is 0 Å². The van der Waals surface area contributed by atoms with Crippen molar-refractivity contribution in [2.75, 3.05) is 4.90 Å². The highest BCUT2D eigenvalue weighted by molar-refractivity contribution is 6.20. The number of para-hydroxylation sites is 1. The molecule has 0 fully saturated rings. The van der Waals surface area contributed by atoms with Gasteiger partial charge in [-0.1, -0.05) is 48.0 Å². The number of amides is 1. The molecule has 164 valence electrons. The second kappa shape index (κ2) is 7.70. The molecule has 1 amide bonds. The van der Waals surface area contributed by atoms with Crippen molar-refractivity contribution in [1.82, 2.24) is 0 Å². The van der Waals surface area contributed by atoms with Crippen LogP contribution >= 0.6 is 0 Å². The molecule has 1 aliphatic heterocycles. The van der Waals surface area contributed by atoms with E-state index in [4.69, 9.17) is 4.42 Å². The van der Waals surface area contributed by atoms with E-state index >= 15 is 0 Å². The van der Waals surface area contributed by atoms with Crippen molar-refractivity contribution >= 4 is 28.3 Å². The second-order valence-electron chi connectivity index (χ2n) is 7.83. The zero-order chi connectivity index (χ0) is 23.3. The Balaban J connectivity index is 1.68. The van der Waals surface area contributed by atoms with Crippen molar-refractivity contribution in [1.29, 1.82) is 0 Å². The predicted molar refractivity (Wildman–Crippen MR) is 118 cm³/mol. The second-order valence-corrected chi connectivity index (χ2v) is 7.83. The third-order valence-corrected chi connectivity index (χ3v) is 5.64. The third kappa shape index (κ3) is 3.38. The van der Waals surface area contributed by atoms with Gasteiger partial charge in [-0.25, -0.2) is 8.78 Å². The van der Waals surface area contributed by atoms with Crippen LogP contribution < -0.4 is 4.90 Å². The summed E-state index contributed by atoms with van der Waals surface area (Å²) in [6.45, 7) is 1.84. The van der Waals surface area contributed by atoms with Crippen molar-refractivity contribution in [2.45, 2.75) is 13.0 Å². The monoisotopic (exact) mass is 445 g/mol. The van der Waals surface area contributed by atoms with Crippen LogP contribution in [0.25, 0.3) is 11.0 Å². The van der Waals surface area contributed by atoms with Crippen LogP contribution in [0, 0.1) is 18.6 Å². The van der Waals surface area contributed by atoms with Gasteiger partial charge in [-0.05, 0) is 36.8 Å². The first-order valence-electron chi connectivity index (χ1n) is 10.2. The molecule has 1 unspecified atom stereocenters. The average molecular weight is 445 g/mol. The number of carbonyl (C=O) groups is 2. The average Bonchev–Trinajstić information content (AvgIpc) is 3.35. The zero-order valence-electron chi connectivity index (χ0n) is 17.4. The number of aryl methyl sites for hydroxylation is 1. The number of aliphatic hydroxyl groups is 1. The Morgan fingerprint density at radius 3 is 2.48 bits per heavy atom. The number of furan rings is 1. The van der Waals surface area contributed by atoms with E-state index < -0.39 is 35.1 Å². The first-order chi connectivity index (χ1) is 15.8. The van der Waals surface area contributed by atoms with Gasteiger partial charge < -0.3 is 9.52 Å². The van der Waals surface area contributed by atoms with Gasteiger partial charge in [0.1, 0.15) is 5.58 Å². The van der Waals surface area contributed by atoms with E-state index in [1.54, 1.807) is 42.5 Å². The first kappa shape index (κ1) is 20.6. The van der Waals surface area contributed by atoms with Crippen molar-refractivity contribution in [3.05, 3.63) is 113 Å². The van der Waals surface area contributed by atoms with E-state index in [-0.39, 0.29) is 17.0 Å². The molecule has 0 aliphatic carbocycles. The Morgan fingerprint density at radius 1 is 0.970 bits per heavy atom. The van der Waals surface area contributed by atoms with Gasteiger partial charge in [0.25, 0.3) is 5.91 Å². The maximum Gasteiger partial charge on any atom is 0.294 e. The molecule has 0 spiro atoms. The summed E-state index contributed by atoms with van der Waals surface area (Å²) in [6.07, 6.45) is 0. The molecule has 0 saturated carbocycles.